The zero-order valence-electron chi connectivity index (χ0n) is 11.1. The van der Waals surface area contributed by atoms with Crippen molar-refractivity contribution >= 4 is 21.7 Å². The van der Waals surface area contributed by atoms with E-state index in [9.17, 15) is 0 Å². The minimum absolute atomic E-state index is 0.348. The maximum absolute atomic E-state index is 8.90. The Hall–Kier alpha value is -2.13. The molecule has 6 heteroatoms. The molecule has 0 spiro atoms. The van der Waals surface area contributed by atoms with Gasteiger partial charge >= 0.3 is 0 Å². The topological polar surface area (TPSA) is 70.8 Å². The Kier molecular flexibility index (Phi) is 4.53. The van der Waals surface area contributed by atoms with E-state index in [0.717, 1.165) is 15.8 Å². The van der Waals surface area contributed by atoms with Gasteiger partial charge in [0.1, 0.15) is 29.2 Å². The number of nitrogens with zero attached hydrogens (tertiary/aromatic N) is 3. The number of benzene rings is 1. The first-order valence-electron chi connectivity index (χ1n) is 5.94. The van der Waals surface area contributed by atoms with Crippen molar-refractivity contribution in [2.45, 2.75) is 13.5 Å². The second kappa shape index (κ2) is 6.35. The number of aromatic nitrogens is 2. The Morgan fingerprint density at radius 1 is 1.35 bits per heavy atom. The van der Waals surface area contributed by atoms with Crippen LogP contribution in [0.1, 0.15) is 17.1 Å². The Bertz CT molecular complexity index is 667. The van der Waals surface area contributed by atoms with Crippen LogP contribution in [0, 0.1) is 18.3 Å². The molecule has 1 aromatic heterocycles. The van der Waals surface area contributed by atoms with Crippen molar-refractivity contribution in [1.29, 1.82) is 5.26 Å². The van der Waals surface area contributed by atoms with Gasteiger partial charge in [0.05, 0.1) is 7.11 Å². The van der Waals surface area contributed by atoms with Crippen LogP contribution in [-0.2, 0) is 6.54 Å². The van der Waals surface area contributed by atoms with Crippen LogP contribution in [0.3, 0.4) is 0 Å². The Balaban J connectivity index is 2.19. The van der Waals surface area contributed by atoms with Crippen LogP contribution in [0.25, 0.3) is 0 Å². The molecule has 0 fully saturated rings. The van der Waals surface area contributed by atoms with Crippen LogP contribution in [0.2, 0.25) is 0 Å². The highest BCUT2D eigenvalue weighted by Gasteiger charge is 2.05. The number of hydrogen-bond acceptors (Lipinski definition) is 5. The number of anilines is 1. The number of rotatable bonds is 4. The van der Waals surface area contributed by atoms with E-state index in [1.54, 1.807) is 20.1 Å². The molecule has 102 valence electrons. The molecule has 1 heterocycles. The zero-order valence-corrected chi connectivity index (χ0v) is 12.7. The highest BCUT2D eigenvalue weighted by molar-refractivity contribution is 9.10. The lowest BCUT2D eigenvalue weighted by Gasteiger charge is -2.11. The molecule has 0 aliphatic rings. The summed E-state index contributed by atoms with van der Waals surface area (Å²) in [6.45, 7) is 2.30. The van der Waals surface area contributed by atoms with E-state index in [-0.39, 0.29) is 0 Å². The van der Waals surface area contributed by atoms with Gasteiger partial charge in [0.15, 0.2) is 0 Å². The summed E-state index contributed by atoms with van der Waals surface area (Å²) in [7, 11) is 1.63. The molecule has 0 saturated heterocycles. The molecule has 0 saturated carbocycles. The van der Waals surface area contributed by atoms with E-state index < -0.39 is 0 Å². The molecule has 0 radical (unpaired) electrons. The number of nitriles is 1. The average molecular weight is 333 g/mol. The first kappa shape index (κ1) is 14.3. The number of hydrogen-bond donors (Lipinski definition) is 1. The highest BCUT2D eigenvalue weighted by atomic mass is 79.9. The first-order chi connectivity index (χ1) is 9.62. The van der Waals surface area contributed by atoms with E-state index >= 15 is 0 Å². The van der Waals surface area contributed by atoms with E-state index in [0.29, 0.717) is 23.9 Å². The average Bonchev–Trinajstić information content (AvgIpc) is 2.44. The fourth-order valence-corrected chi connectivity index (χ4v) is 2.20. The maximum atomic E-state index is 8.90. The van der Waals surface area contributed by atoms with E-state index in [1.807, 2.05) is 24.3 Å². The summed E-state index contributed by atoms with van der Waals surface area (Å²) in [6.07, 6.45) is 0. The van der Waals surface area contributed by atoms with E-state index in [2.05, 4.69) is 31.2 Å². The smallest absolute Gasteiger partial charge is 0.146 e. The van der Waals surface area contributed by atoms with Gasteiger partial charge in [-0.25, -0.2) is 9.97 Å². The van der Waals surface area contributed by atoms with Gasteiger partial charge < -0.3 is 10.1 Å². The monoisotopic (exact) mass is 332 g/mol. The van der Waals surface area contributed by atoms with Crippen molar-refractivity contribution in [2.75, 3.05) is 12.4 Å². The highest BCUT2D eigenvalue weighted by Crippen LogP contribution is 2.23. The quantitative estimate of drug-likeness (QED) is 0.931. The summed E-state index contributed by atoms with van der Waals surface area (Å²) < 4.78 is 6.29. The predicted molar refractivity (Wildman–Crippen MR) is 79.5 cm³/mol. The third-order valence-electron chi connectivity index (χ3n) is 2.65. The lowest BCUT2D eigenvalue weighted by Crippen LogP contribution is -2.05. The van der Waals surface area contributed by atoms with Gasteiger partial charge in [0.2, 0.25) is 0 Å². The molecule has 0 amide bonds. The fraction of sp³-hybridized carbons (Fsp3) is 0.214. The van der Waals surface area contributed by atoms with Crippen molar-refractivity contribution in [2.24, 2.45) is 0 Å². The lowest BCUT2D eigenvalue weighted by molar-refractivity contribution is 0.410. The number of ether oxygens (including phenoxy) is 1. The van der Waals surface area contributed by atoms with Crippen LogP contribution in [0.15, 0.2) is 28.7 Å². The van der Waals surface area contributed by atoms with E-state index in [4.69, 9.17) is 10.00 Å². The lowest BCUT2D eigenvalue weighted by atomic mass is 10.2. The number of nitrogens with one attached hydrogen (secondary N) is 1. The zero-order chi connectivity index (χ0) is 14.5. The molecule has 5 nitrogen and oxygen atoms in total. The van der Waals surface area contributed by atoms with Gasteiger partial charge in [-0.2, -0.15) is 5.26 Å². The molecule has 1 aromatic carbocycles. The third-order valence-corrected chi connectivity index (χ3v) is 3.15. The van der Waals surface area contributed by atoms with Gasteiger partial charge in [-0.05, 0) is 25.1 Å². The standard InChI is InChI=1S/C14H13BrN4O/c1-9-18-12(7-16)6-14(19-9)17-8-10-5-11(15)3-4-13(10)20-2/h3-6H,8H2,1-2H3,(H,17,18,19). The maximum Gasteiger partial charge on any atom is 0.146 e. The first-order valence-corrected chi connectivity index (χ1v) is 6.73. The fourth-order valence-electron chi connectivity index (χ4n) is 1.79. The van der Waals surface area contributed by atoms with Gasteiger partial charge in [0.25, 0.3) is 0 Å². The minimum atomic E-state index is 0.348. The summed E-state index contributed by atoms with van der Waals surface area (Å²) >= 11 is 3.43. The van der Waals surface area contributed by atoms with Crippen molar-refractivity contribution in [1.82, 2.24) is 9.97 Å². The van der Waals surface area contributed by atoms with Gasteiger partial charge in [-0.1, -0.05) is 15.9 Å². The Labute approximate surface area is 125 Å². The second-order valence-electron chi connectivity index (χ2n) is 4.11. The van der Waals surface area contributed by atoms with Crippen molar-refractivity contribution < 1.29 is 4.74 Å². The van der Waals surface area contributed by atoms with Crippen LogP contribution in [-0.4, -0.2) is 17.1 Å². The molecule has 0 atom stereocenters. The summed E-state index contributed by atoms with van der Waals surface area (Å²) in [4.78, 5) is 8.26. The number of halogens is 1. The molecule has 1 N–H and O–H groups in total. The third kappa shape index (κ3) is 3.45. The van der Waals surface area contributed by atoms with Crippen LogP contribution < -0.4 is 10.1 Å². The minimum Gasteiger partial charge on any atom is -0.496 e. The molecule has 0 unspecified atom stereocenters. The summed E-state index contributed by atoms with van der Waals surface area (Å²) in [5, 5.41) is 12.1. The molecular formula is C14H13BrN4O. The second-order valence-corrected chi connectivity index (χ2v) is 5.02. The van der Waals surface area contributed by atoms with Crippen molar-refractivity contribution in [3.63, 3.8) is 0 Å². The molecule has 0 aliphatic heterocycles. The van der Waals surface area contributed by atoms with Crippen molar-refractivity contribution in [3.8, 4) is 11.8 Å². The normalized spacial score (nSPS) is 9.90. The van der Waals surface area contributed by atoms with Gasteiger partial charge in [-0.15, -0.1) is 0 Å². The number of aryl methyl sites for hydroxylation is 1. The summed E-state index contributed by atoms with van der Waals surface area (Å²) in [5.74, 6) is 1.98. The predicted octanol–water partition coefficient (Wildman–Crippen LogP) is 3.04. The largest absolute Gasteiger partial charge is 0.496 e. The molecule has 2 rings (SSSR count). The molecular weight excluding hydrogens is 320 g/mol. The Morgan fingerprint density at radius 3 is 2.85 bits per heavy atom. The van der Waals surface area contributed by atoms with Crippen LogP contribution >= 0.6 is 15.9 Å². The molecule has 0 bridgehead atoms. The van der Waals surface area contributed by atoms with Gasteiger partial charge in [-0.3, -0.25) is 0 Å². The SMILES string of the molecule is COc1ccc(Br)cc1CNc1cc(C#N)nc(C)n1. The molecule has 0 aliphatic carbocycles. The van der Waals surface area contributed by atoms with E-state index in [1.165, 1.54) is 0 Å². The molecule has 2 aromatic rings. The van der Waals surface area contributed by atoms with Crippen LogP contribution in [0.4, 0.5) is 5.82 Å². The molecule has 20 heavy (non-hydrogen) atoms. The van der Waals surface area contributed by atoms with Crippen molar-refractivity contribution in [3.05, 3.63) is 45.8 Å². The van der Waals surface area contributed by atoms with Crippen LogP contribution in [0.5, 0.6) is 5.75 Å². The van der Waals surface area contributed by atoms with Gasteiger partial charge in [0, 0.05) is 22.6 Å². The number of methoxy groups -OCH3 is 1. The summed E-state index contributed by atoms with van der Waals surface area (Å²) in [5.41, 5.74) is 1.35. The summed E-state index contributed by atoms with van der Waals surface area (Å²) in [6, 6.07) is 9.43. The Morgan fingerprint density at radius 2 is 2.15 bits per heavy atom.